The lowest BCUT2D eigenvalue weighted by atomic mass is 10.1. The number of ether oxygens (including phenoxy) is 1. The van der Waals surface area contributed by atoms with Gasteiger partial charge < -0.3 is 9.16 Å². The highest BCUT2D eigenvalue weighted by molar-refractivity contribution is 6.74. The lowest BCUT2D eigenvalue weighted by molar-refractivity contribution is -0.138. The third-order valence-corrected chi connectivity index (χ3v) is 12.1. The van der Waals surface area contributed by atoms with Gasteiger partial charge in [0.05, 0.1) is 12.7 Å². The predicted molar refractivity (Wildman–Crippen MR) is 145 cm³/mol. The first kappa shape index (κ1) is 29.5. The SMILES string of the molecule is CCCCC[C@@H](CCCN1CCC(=O)N1CCc1ccc(C(=O)OC)cc1)O[Si](C)(C)C(C)(C)C. The normalized spacial score (nSPS) is 16.1. The summed E-state index contributed by atoms with van der Waals surface area (Å²) in [6.45, 7) is 16.2. The number of hydrogen-bond acceptors (Lipinski definition) is 5. The van der Waals surface area contributed by atoms with Crippen molar-refractivity contribution < 1.29 is 18.8 Å². The number of carbonyl (C=O) groups is 2. The van der Waals surface area contributed by atoms with Crippen LogP contribution < -0.4 is 0 Å². The van der Waals surface area contributed by atoms with Crippen LogP contribution in [0.25, 0.3) is 0 Å². The van der Waals surface area contributed by atoms with Gasteiger partial charge in [-0.2, -0.15) is 0 Å². The van der Waals surface area contributed by atoms with Crippen molar-refractivity contribution in [3.05, 3.63) is 35.4 Å². The van der Waals surface area contributed by atoms with Gasteiger partial charge in [-0.3, -0.25) is 9.80 Å². The van der Waals surface area contributed by atoms with Gasteiger partial charge in [0, 0.05) is 32.2 Å². The van der Waals surface area contributed by atoms with Crippen LogP contribution in [-0.2, 0) is 20.4 Å². The summed E-state index contributed by atoms with van der Waals surface area (Å²) in [5.74, 6) is -0.129. The number of nitrogens with zero attached hydrogens (tertiary/aromatic N) is 2. The number of carbonyl (C=O) groups excluding carboxylic acids is 2. The van der Waals surface area contributed by atoms with Crippen LogP contribution in [0, 0.1) is 0 Å². The van der Waals surface area contributed by atoms with Crippen molar-refractivity contribution in [2.75, 3.05) is 26.7 Å². The molecule has 0 unspecified atom stereocenters. The molecule has 1 aliphatic heterocycles. The minimum absolute atomic E-state index is 0.202. The second-order valence-corrected chi connectivity index (χ2v) is 16.1. The van der Waals surface area contributed by atoms with E-state index in [0.29, 0.717) is 24.6 Å². The van der Waals surface area contributed by atoms with Gasteiger partial charge in [0.1, 0.15) is 0 Å². The van der Waals surface area contributed by atoms with E-state index < -0.39 is 8.32 Å². The molecule has 0 radical (unpaired) electrons. The van der Waals surface area contributed by atoms with E-state index >= 15 is 0 Å². The van der Waals surface area contributed by atoms with Crippen LogP contribution in [0.15, 0.2) is 24.3 Å². The maximum absolute atomic E-state index is 12.6. The Balaban J connectivity index is 1.90. The van der Waals surface area contributed by atoms with Crippen LogP contribution >= 0.6 is 0 Å². The molecular weight excluding hydrogens is 456 g/mol. The predicted octanol–water partition coefficient (Wildman–Crippen LogP) is 6.22. The molecule has 1 saturated heterocycles. The summed E-state index contributed by atoms with van der Waals surface area (Å²) in [6, 6.07) is 7.45. The van der Waals surface area contributed by atoms with Gasteiger partial charge in [0.25, 0.3) is 0 Å². The quantitative estimate of drug-likeness (QED) is 0.171. The van der Waals surface area contributed by atoms with Gasteiger partial charge in [-0.1, -0.05) is 59.1 Å². The minimum Gasteiger partial charge on any atom is -0.465 e. The molecular formula is C28H48N2O4Si. The molecule has 35 heavy (non-hydrogen) atoms. The van der Waals surface area contributed by atoms with Crippen molar-refractivity contribution >= 4 is 20.2 Å². The number of esters is 1. The molecule has 198 valence electrons. The molecule has 0 N–H and O–H groups in total. The van der Waals surface area contributed by atoms with Gasteiger partial charge in [-0.05, 0) is 61.5 Å². The number of benzene rings is 1. The molecule has 1 heterocycles. The molecule has 1 atom stereocenters. The van der Waals surface area contributed by atoms with E-state index in [0.717, 1.165) is 44.3 Å². The third kappa shape index (κ3) is 9.03. The van der Waals surface area contributed by atoms with Gasteiger partial charge in [-0.15, -0.1) is 0 Å². The Hall–Kier alpha value is -1.70. The van der Waals surface area contributed by atoms with E-state index in [4.69, 9.17) is 9.16 Å². The molecule has 2 rings (SSSR count). The molecule has 1 amide bonds. The van der Waals surface area contributed by atoms with Crippen LogP contribution in [0.3, 0.4) is 0 Å². The number of hydrogen-bond donors (Lipinski definition) is 0. The van der Waals surface area contributed by atoms with Crippen LogP contribution in [0.5, 0.6) is 0 Å². The molecule has 1 aromatic rings. The summed E-state index contributed by atoms with van der Waals surface area (Å²) < 4.78 is 11.6. The first-order valence-corrected chi connectivity index (χ1v) is 16.3. The summed E-state index contributed by atoms with van der Waals surface area (Å²) >= 11 is 0. The number of unbranched alkanes of at least 4 members (excludes halogenated alkanes) is 2. The summed E-state index contributed by atoms with van der Waals surface area (Å²) in [5, 5.41) is 4.36. The van der Waals surface area contributed by atoms with Gasteiger partial charge in [0.15, 0.2) is 8.32 Å². The molecule has 7 heteroatoms. The van der Waals surface area contributed by atoms with Crippen molar-refractivity contribution in [1.82, 2.24) is 10.0 Å². The molecule has 0 spiro atoms. The zero-order valence-electron chi connectivity index (χ0n) is 23.2. The standard InChI is InChI=1S/C28H48N2O4Si/c1-8-9-10-12-25(34-35(6,7)28(2,3)4)13-11-20-29-21-19-26(31)30(29)22-18-23-14-16-24(17-15-23)27(32)33-5/h14-17,25H,8-13,18-22H2,1-7H3/t25-/m0/s1. The topological polar surface area (TPSA) is 59.1 Å². The Morgan fingerprint density at radius 2 is 1.71 bits per heavy atom. The van der Waals surface area contributed by atoms with Crippen molar-refractivity contribution in [2.45, 2.75) is 103 Å². The van der Waals surface area contributed by atoms with E-state index in [-0.39, 0.29) is 16.9 Å². The van der Waals surface area contributed by atoms with E-state index in [9.17, 15) is 9.59 Å². The number of hydrazine groups is 1. The van der Waals surface area contributed by atoms with Crippen molar-refractivity contribution in [3.63, 3.8) is 0 Å². The monoisotopic (exact) mass is 504 g/mol. The zero-order chi connectivity index (χ0) is 26.1. The molecule has 1 aromatic carbocycles. The fourth-order valence-corrected chi connectivity index (χ4v) is 5.69. The fourth-order valence-electron chi connectivity index (χ4n) is 4.27. The maximum atomic E-state index is 12.6. The van der Waals surface area contributed by atoms with E-state index in [1.54, 1.807) is 12.1 Å². The van der Waals surface area contributed by atoms with Crippen molar-refractivity contribution in [3.8, 4) is 0 Å². The zero-order valence-corrected chi connectivity index (χ0v) is 24.2. The average molecular weight is 505 g/mol. The second kappa shape index (κ2) is 13.6. The van der Waals surface area contributed by atoms with E-state index in [1.165, 1.54) is 26.4 Å². The summed E-state index contributed by atoms with van der Waals surface area (Å²) in [7, 11) is -0.419. The van der Waals surface area contributed by atoms with Gasteiger partial charge in [0.2, 0.25) is 5.91 Å². The molecule has 1 fully saturated rings. The van der Waals surface area contributed by atoms with Crippen molar-refractivity contribution in [2.24, 2.45) is 0 Å². The number of amides is 1. The lowest BCUT2D eigenvalue weighted by Gasteiger charge is -2.39. The summed E-state index contributed by atoms with van der Waals surface area (Å²) in [6.07, 6.45) is 8.56. The lowest BCUT2D eigenvalue weighted by Crippen LogP contribution is -2.44. The smallest absolute Gasteiger partial charge is 0.337 e. The highest BCUT2D eigenvalue weighted by Gasteiger charge is 2.39. The molecule has 6 nitrogen and oxygen atoms in total. The molecule has 0 aromatic heterocycles. The highest BCUT2D eigenvalue weighted by atomic mass is 28.4. The largest absolute Gasteiger partial charge is 0.465 e. The first-order chi connectivity index (χ1) is 16.5. The molecule has 0 aliphatic carbocycles. The van der Waals surface area contributed by atoms with Gasteiger partial charge >= 0.3 is 5.97 Å². The molecule has 1 aliphatic rings. The average Bonchev–Trinajstić information content (AvgIpc) is 3.15. The van der Waals surface area contributed by atoms with Crippen molar-refractivity contribution in [1.29, 1.82) is 0 Å². The molecule has 0 saturated carbocycles. The van der Waals surface area contributed by atoms with E-state index in [1.807, 2.05) is 17.1 Å². The Morgan fingerprint density at radius 1 is 1.06 bits per heavy atom. The van der Waals surface area contributed by atoms with E-state index in [2.05, 4.69) is 45.8 Å². The third-order valence-electron chi connectivity index (χ3n) is 7.54. The number of methoxy groups -OCH3 is 1. The minimum atomic E-state index is -1.81. The summed E-state index contributed by atoms with van der Waals surface area (Å²) in [4.78, 5) is 24.2. The first-order valence-electron chi connectivity index (χ1n) is 13.4. The Morgan fingerprint density at radius 3 is 2.31 bits per heavy atom. The van der Waals surface area contributed by atoms with Crippen LogP contribution in [0.4, 0.5) is 0 Å². The van der Waals surface area contributed by atoms with Crippen LogP contribution in [-0.4, -0.2) is 63.1 Å². The summed E-state index contributed by atoms with van der Waals surface area (Å²) in [5.41, 5.74) is 1.65. The Kier molecular flexibility index (Phi) is 11.4. The highest BCUT2D eigenvalue weighted by Crippen LogP contribution is 2.38. The van der Waals surface area contributed by atoms with Crippen LogP contribution in [0.2, 0.25) is 18.1 Å². The van der Waals surface area contributed by atoms with Crippen LogP contribution in [0.1, 0.15) is 88.6 Å². The van der Waals surface area contributed by atoms with Gasteiger partial charge in [-0.25, -0.2) is 9.80 Å². The number of rotatable bonds is 14. The fraction of sp³-hybridized carbons (Fsp3) is 0.714. The molecule has 0 bridgehead atoms. The second-order valence-electron chi connectivity index (χ2n) is 11.3. The Labute approximate surface area is 214 Å². The maximum Gasteiger partial charge on any atom is 0.337 e. The Bertz CT molecular complexity index is 804.